The predicted molar refractivity (Wildman–Crippen MR) is 107 cm³/mol. The number of nitro benzene ring substituents is 1. The van der Waals surface area contributed by atoms with Crippen molar-refractivity contribution in [3.05, 3.63) is 81.9 Å². The van der Waals surface area contributed by atoms with E-state index in [2.05, 4.69) is 10.1 Å². The molecule has 1 aromatic heterocycles. The summed E-state index contributed by atoms with van der Waals surface area (Å²) in [6, 6.07) is 12.3. The number of rotatable bonds is 10. The molecule has 0 N–H and O–H groups in total. The van der Waals surface area contributed by atoms with Gasteiger partial charge in [0.05, 0.1) is 11.5 Å². The van der Waals surface area contributed by atoms with Gasteiger partial charge in [0.1, 0.15) is 24.4 Å². The Morgan fingerprint density at radius 2 is 1.86 bits per heavy atom. The molecule has 3 aromatic rings. The molecule has 0 bridgehead atoms. The lowest BCUT2D eigenvalue weighted by Gasteiger charge is -2.16. The number of hydrogen-bond donors (Lipinski definition) is 0. The van der Waals surface area contributed by atoms with Crippen LogP contribution in [0.1, 0.15) is 35.7 Å². The van der Waals surface area contributed by atoms with Gasteiger partial charge < -0.3 is 4.74 Å². The van der Waals surface area contributed by atoms with Gasteiger partial charge in [-0.15, -0.1) is 0 Å². The Hall–Kier alpha value is -3.26. The van der Waals surface area contributed by atoms with E-state index in [0.717, 1.165) is 12.8 Å². The van der Waals surface area contributed by atoms with Gasteiger partial charge in [0.15, 0.2) is 5.78 Å². The van der Waals surface area contributed by atoms with Crippen molar-refractivity contribution in [2.24, 2.45) is 0 Å². The SMILES string of the molecule is O=C(c1ccc(Cl)cc1)C(CCCCOc1ccc([N+](=O)[O-])cc1)n1cncn1. The highest BCUT2D eigenvalue weighted by Gasteiger charge is 2.22. The summed E-state index contributed by atoms with van der Waals surface area (Å²) in [7, 11) is 0. The molecule has 0 fully saturated rings. The standard InChI is InChI=1S/C20H19ClN4O4/c21-16-6-4-15(5-7-16)20(26)19(24-14-22-13-23-24)3-1-2-12-29-18-10-8-17(9-11-18)25(27)28/h4-11,13-14,19H,1-3,12H2. The van der Waals surface area contributed by atoms with Crippen LogP contribution in [-0.2, 0) is 0 Å². The van der Waals surface area contributed by atoms with E-state index in [1.165, 1.54) is 24.8 Å². The lowest BCUT2D eigenvalue weighted by molar-refractivity contribution is -0.384. The molecule has 0 saturated carbocycles. The van der Waals surface area contributed by atoms with Gasteiger partial charge >= 0.3 is 0 Å². The molecule has 0 aliphatic rings. The van der Waals surface area contributed by atoms with E-state index in [1.807, 2.05) is 0 Å². The highest BCUT2D eigenvalue weighted by Crippen LogP contribution is 2.22. The largest absolute Gasteiger partial charge is 0.494 e. The van der Waals surface area contributed by atoms with Gasteiger partial charge in [0.25, 0.3) is 5.69 Å². The second-order valence-electron chi connectivity index (χ2n) is 6.36. The third-order valence-electron chi connectivity index (χ3n) is 4.38. The summed E-state index contributed by atoms with van der Waals surface area (Å²) >= 11 is 5.90. The van der Waals surface area contributed by atoms with Gasteiger partial charge in [-0.2, -0.15) is 5.10 Å². The molecular weight excluding hydrogens is 396 g/mol. The first-order valence-electron chi connectivity index (χ1n) is 9.06. The molecule has 0 amide bonds. The Bertz CT molecular complexity index is 944. The predicted octanol–water partition coefficient (Wildman–Crippen LogP) is 4.51. The van der Waals surface area contributed by atoms with Crippen LogP contribution in [0.25, 0.3) is 0 Å². The molecule has 1 atom stereocenters. The van der Waals surface area contributed by atoms with Crippen LogP contribution in [0.15, 0.2) is 61.2 Å². The minimum absolute atomic E-state index is 0.0220. The number of nitrogens with zero attached hydrogens (tertiary/aromatic N) is 4. The lowest BCUT2D eigenvalue weighted by atomic mass is 9.99. The van der Waals surface area contributed by atoms with Crippen molar-refractivity contribution in [3.8, 4) is 5.75 Å². The average molecular weight is 415 g/mol. The van der Waals surface area contributed by atoms with Crippen molar-refractivity contribution >= 4 is 23.1 Å². The minimum atomic E-state index is -0.460. The van der Waals surface area contributed by atoms with E-state index in [1.54, 1.807) is 41.1 Å². The monoisotopic (exact) mass is 414 g/mol. The number of hydrogen-bond acceptors (Lipinski definition) is 6. The number of aromatic nitrogens is 3. The Balaban J connectivity index is 1.53. The van der Waals surface area contributed by atoms with Gasteiger partial charge in [-0.3, -0.25) is 14.9 Å². The Kier molecular flexibility index (Phi) is 6.91. The van der Waals surface area contributed by atoms with Crippen LogP contribution in [-0.4, -0.2) is 32.1 Å². The van der Waals surface area contributed by atoms with E-state index >= 15 is 0 Å². The minimum Gasteiger partial charge on any atom is -0.494 e. The molecule has 29 heavy (non-hydrogen) atoms. The number of benzene rings is 2. The number of non-ortho nitro benzene ring substituents is 1. The summed E-state index contributed by atoms with van der Waals surface area (Å²) in [5.41, 5.74) is 0.589. The number of unbranched alkanes of at least 4 members (excludes halogenated alkanes) is 1. The third-order valence-corrected chi connectivity index (χ3v) is 4.63. The Morgan fingerprint density at radius 1 is 1.14 bits per heavy atom. The molecule has 3 rings (SSSR count). The van der Waals surface area contributed by atoms with Crippen molar-refractivity contribution in [2.75, 3.05) is 6.61 Å². The first kappa shape index (κ1) is 20.5. The van der Waals surface area contributed by atoms with Crippen molar-refractivity contribution in [1.29, 1.82) is 0 Å². The van der Waals surface area contributed by atoms with Crippen LogP contribution in [0.3, 0.4) is 0 Å². The van der Waals surface area contributed by atoms with Crippen LogP contribution in [0, 0.1) is 10.1 Å². The van der Waals surface area contributed by atoms with Crippen LogP contribution in [0.5, 0.6) is 5.75 Å². The van der Waals surface area contributed by atoms with E-state index in [9.17, 15) is 14.9 Å². The molecule has 1 unspecified atom stereocenters. The zero-order valence-electron chi connectivity index (χ0n) is 15.5. The summed E-state index contributed by atoms with van der Waals surface area (Å²) < 4.78 is 7.18. The maximum atomic E-state index is 12.9. The Labute approximate surface area is 172 Å². The van der Waals surface area contributed by atoms with Gasteiger partial charge in [0, 0.05) is 22.7 Å². The van der Waals surface area contributed by atoms with Crippen molar-refractivity contribution < 1.29 is 14.5 Å². The topological polar surface area (TPSA) is 100 Å². The average Bonchev–Trinajstić information content (AvgIpc) is 3.25. The number of ketones is 1. The summed E-state index contributed by atoms with van der Waals surface area (Å²) in [6.07, 6.45) is 4.97. The van der Waals surface area contributed by atoms with Crippen LogP contribution >= 0.6 is 11.6 Å². The van der Waals surface area contributed by atoms with Crippen molar-refractivity contribution in [3.63, 3.8) is 0 Å². The number of halogens is 1. The quantitative estimate of drug-likeness (QED) is 0.209. The highest BCUT2D eigenvalue weighted by molar-refractivity contribution is 6.30. The summed E-state index contributed by atoms with van der Waals surface area (Å²) in [6.45, 7) is 0.441. The zero-order chi connectivity index (χ0) is 20.6. The van der Waals surface area contributed by atoms with Gasteiger partial charge in [-0.1, -0.05) is 11.6 Å². The second kappa shape index (κ2) is 9.79. The zero-order valence-corrected chi connectivity index (χ0v) is 16.2. The fourth-order valence-electron chi connectivity index (χ4n) is 2.86. The maximum absolute atomic E-state index is 12.9. The molecule has 0 radical (unpaired) electrons. The summed E-state index contributed by atoms with van der Waals surface area (Å²) in [4.78, 5) is 27.1. The summed E-state index contributed by atoms with van der Waals surface area (Å²) in [5.74, 6) is 0.518. The third kappa shape index (κ3) is 5.61. The van der Waals surface area contributed by atoms with E-state index in [0.29, 0.717) is 29.4 Å². The number of carbonyl (C=O) groups excluding carboxylic acids is 1. The lowest BCUT2D eigenvalue weighted by Crippen LogP contribution is -2.20. The van der Waals surface area contributed by atoms with E-state index < -0.39 is 11.0 Å². The van der Waals surface area contributed by atoms with Gasteiger partial charge in [-0.25, -0.2) is 9.67 Å². The molecule has 2 aromatic carbocycles. The number of carbonyl (C=O) groups is 1. The molecule has 1 heterocycles. The van der Waals surface area contributed by atoms with Crippen LogP contribution < -0.4 is 4.74 Å². The molecule has 8 nitrogen and oxygen atoms in total. The first-order chi connectivity index (χ1) is 14.0. The molecule has 0 aliphatic heterocycles. The van der Waals surface area contributed by atoms with E-state index in [-0.39, 0.29) is 11.5 Å². The molecular formula is C20H19ClN4O4. The molecule has 0 saturated heterocycles. The first-order valence-corrected chi connectivity index (χ1v) is 9.43. The smallest absolute Gasteiger partial charge is 0.269 e. The molecule has 150 valence electrons. The highest BCUT2D eigenvalue weighted by atomic mass is 35.5. The maximum Gasteiger partial charge on any atom is 0.269 e. The van der Waals surface area contributed by atoms with Gasteiger partial charge in [-0.05, 0) is 55.7 Å². The fourth-order valence-corrected chi connectivity index (χ4v) is 2.99. The van der Waals surface area contributed by atoms with E-state index in [4.69, 9.17) is 16.3 Å². The normalized spacial score (nSPS) is 11.8. The fraction of sp³-hybridized carbons (Fsp3) is 0.250. The number of nitro groups is 1. The summed E-state index contributed by atoms with van der Waals surface area (Å²) in [5, 5.41) is 15.4. The molecule has 0 spiro atoms. The molecule has 0 aliphatic carbocycles. The van der Waals surface area contributed by atoms with Gasteiger partial charge in [0.2, 0.25) is 0 Å². The number of ether oxygens (including phenoxy) is 1. The Morgan fingerprint density at radius 3 is 2.48 bits per heavy atom. The molecule has 9 heteroatoms. The number of Topliss-reactive ketones (excluding diaryl/α,β-unsaturated/α-hetero) is 1. The van der Waals surface area contributed by atoms with Crippen LogP contribution in [0.4, 0.5) is 5.69 Å². The second-order valence-corrected chi connectivity index (χ2v) is 6.79. The van der Waals surface area contributed by atoms with Crippen molar-refractivity contribution in [2.45, 2.75) is 25.3 Å². The van der Waals surface area contributed by atoms with Crippen molar-refractivity contribution in [1.82, 2.24) is 14.8 Å². The van der Waals surface area contributed by atoms with Crippen LogP contribution in [0.2, 0.25) is 5.02 Å².